The minimum Gasteiger partial charge on any atom is -0.497 e. The molecule has 1 N–H and O–H groups in total. The molecule has 8 nitrogen and oxygen atoms in total. The Bertz CT molecular complexity index is 1490. The number of carbonyl (C=O) groups is 2. The van der Waals surface area contributed by atoms with Gasteiger partial charge in [-0.3, -0.25) is 13.9 Å². The van der Waals surface area contributed by atoms with Crippen LogP contribution in [0.4, 0.5) is 5.69 Å². The molecule has 3 aromatic carbocycles. The van der Waals surface area contributed by atoms with E-state index < -0.39 is 28.5 Å². The van der Waals surface area contributed by atoms with Gasteiger partial charge in [0.1, 0.15) is 18.3 Å². The van der Waals surface area contributed by atoms with Gasteiger partial charge < -0.3 is 15.0 Å². The van der Waals surface area contributed by atoms with Crippen LogP contribution in [0.15, 0.2) is 71.6 Å². The molecule has 0 fully saturated rings. The van der Waals surface area contributed by atoms with Crippen molar-refractivity contribution < 1.29 is 22.7 Å². The smallest absolute Gasteiger partial charge is 0.264 e. The Balaban J connectivity index is 2.08. The zero-order valence-electron chi connectivity index (χ0n) is 25.1. The van der Waals surface area contributed by atoms with Crippen LogP contribution in [0.25, 0.3) is 0 Å². The number of amides is 2. The Kier molecular flexibility index (Phi) is 11.4. The fraction of sp³-hybridized carbons (Fsp3) is 0.375. The highest BCUT2D eigenvalue weighted by Gasteiger charge is 2.34. The molecule has 0 aliphatic heterocycles. The van der Waals surface area contributed by atoms with Gasteiger partial charge in [-0.2, -0.15) is 0 Å². The zero-order valence-corrected chi connectivity index (χ0v) is 26.6. The lowest BCUT2D eigenvalue weighted by atomic mass is 10.1. The third kappa shape index (κ3) is 8.26. The molecule has 0 heterocycles. The Hall–Kier alpha value is -3.56. The van der Waals surface area contributed by atoms with E-state index >= 15 is 0 Å². The summed E-state index contributed by atoms with van der Waals surface area (Å²) in [4.78, 5) is 29.0. The summed E-state index contributed by atoms with van der Waals surface area (Å²) in [6.45, 7) is 9.47. The number of hydrogen-bond donors (Lipinski definition) is 1. The summed E-state index contributed by atoms with van der Waals surface area (Å²) in [6, 6.07) is 17.7. The van der Waals surface area contributed by atoms with Crippen molar-refractivity contribution in [2.24, 2.45) is 5.92 Å². The number of ether oxygens (including phenoxy) is 1. The number of methoxy groups -OCH3 is 1. The average Bonchev–Trinajstić information content (AvgIpc) is 2.96. The molecule has 226 valence electrons. The van der Waals surface area contributed by atoms with Gasteiger partial charge in [-0.15, -0.1) is 0 Å². The number of nitrogens with zero attached hydrogens (tertiary/aromatic N) is 2. The first-order valence-electron chi connectivity index (χ1n) is 13.9. The van der Waals surface area contributed by atoms with Gasteiger partial charge in [0.15, 0.2) is 0 Å². The number of hydrogen-bond acceptors (Lipinski definition) is 5. The second kappa shape index (κ2) is 14.6. The first kappa shape index (κ1) is 32.9. The minimum absolute atomic E-state index is 0.0404. The number of halogens is 1. The van der Waals surface area contributed by atoms with Crippen molar-refractivity contribution in [3.8, 4) is 5.75 Å². The molecule has 10 heteroatoms. The maximum Gasteiger partial charge on any atom is 0.264 e. The topological polar surface area (TPSA) is 96.0 Å². The Morgan fingerprint density at radius 1 is 1.00 bits per heavy atom. The largest absolute Gasteiger partial charge is 0.497 e. The average molecular weight is 614 g/mol. The predicted molar refractivity (Wildman–Crippen MR) is 167 cm³/mol. The first-order chi connectivity index (χ1) is 19.9. The Morgan fingerprint density at radius 3 is 2.29 bits per heavy atom. The fourth-order valence-electron chi connectivity index (χ4n) is 4.41. The van der Waals surface area contributed by atoms with Gasteiger partial charge in [-0.05, 0) is 73.7 Å². The summed E-state index contributed by atoms with van der Waals surface area (Å²) in [6.07, 6.45) is 0.334. The lowest BCUT2D eigenvalue weighted by Crippen LogP contribution is -2.52. The summed E-state index contributed by atoms with van der Waals surface area (Å²) >= 11 is 6.40. The third-order valence-corrected chi connectivity index (χ3v) is 9.08. The highest BCUT2D eigenvalue weighted by atomic mass is 35.5. The quantitative estimate of drug-likeness (QED) is 0.265. The lowest BCUT2D eigenvalue weighted by molar-refractivity contribution is -0.140. The lowest BCUT2D eigenvalue weighted by Gasteiger charge is -2.33. The van der Waals surface area contributed by atoms with Crippen molar-refractivity contribution in [3.05, 3.63) is 88.4 Å². The van der Waals surface area contributed by atoms with Gasteiger partial charge in [0.25, 0.3) is 10.0 Å². The highest BCUT2D eigenvalue weighted by Crippen LogP contribution is 2.29. The number of anilines is 1. The molecule has 0 radical (unpaired) electrons. The van der Waals surface area contributed by atoms with Crippen molar-refractivity contribution in [1.82, 2.24) is 10.2 Å². The molecule has 0 aliphatic carbocycles. The monoisotopic (exact) mass is 613 g/mol. The number of nitrogens with one attached hydrogen (secondary N) is 1. The SMILES string of the molecule is CCC(C(=O)NCC(C)C)N(Cc1cccc(OC)c1)C(=O)CN(c1ccc(C)c(Cl)c1)S(=O)(=O)c1ccc(C)cc1. The molecular weight excluding hydrogens is 574 g/mol. The van der Waals surface area contributed by atoms with E-state index in [4.69, 9.17) is 16.3 Å². The molecule has 1 atom stereocenters. The molecule has 0 saturated carbocycles. The van der Waals surface area contributed by atoms with Crippen LogP contribution in [0.1, 0.15) is 43.9 Å². The maximum absolute atomic E-state index is 14.2. The number of benzene rings is 3. The summed E-state index contributed by atoms with van der Waals surface area (Å²) in [5.74, 6) is -0.00369. The van der Waals surface area contributed by atoms with E-state index in [-0.39, 0.29) is 29.0 Å². The van der Waals surface area contributed by atoms with Gasteiger partial charge in [0.05, 0.1) is 17.7 Å². The molecule has 3 aromatic rings. The predicted octanol–water partition coefficient (Wildman–Crippen LogP) is 5.74. The van der Waals surface area contributed by atoms with E-state index in [0.717, 1.165) is 21.0 Å². The Labute approximate surface area is 254 Å². The molecule has 0 saturated heterocycles. The molecule has 0 aliphatic rings. The Morgan fingerprint density at radius 2 is 1.69 bits per heavy atom. The van der Waals surface area contributed by atoms with Crippen LogP contribution in [-0.2, 0) is 26.2 Å². The van der Waals surface area contributed by atoms with Gasteiger partial charge >= 0.3 is 0 Å². The van der Waals surface area contributed by atoms with Crippen LogP contribution in [0.3, 0.4) is 0 Å². The zero-order chi connectivity index (χ0) is 31.0. The molecule has 42 heavy (non-hydrogen) atoms. The highest BCUT2D eigenvalue weighted by molar-refractivity contribution is 7.92. The molecular formula is C32H40ClN3O5S. The maximum atomic E-state index is 14.2. The number of sulfonamides is 1. The third-order valence-electron chi connectivity index (χ3n) is 6.89. The number of rotatable bonds is 13. The van der Waals surface area contributed by atoms with E-state index in [1.165, 1.54) is 23.1 Å². The van der Waals surface area contributed by atoms with Crippen LogP contribution in [0, 0.1) is 19.8 Å². The van der Waals surface area contributed by atoms with Crippen LogP contribution in [0.2, 0.25) is 5.02 Å². The van der Waals surface area contributed by atoms with Crippen molar-refractivity contribution in [2.75, 3.05) is 24.5 Å². The second-order valence-electron chi connectivity index (χ2n) is 10.7. The van der Waals surface area contributed by atoms with Crippen LogP contribution >= 0.6 is 11.6 Å². The number of carbonyl (C=O) groups excluding carboxylic acids is 2. The van der Waals surface area contributed by atoms with Crippen molar-refractivity contribution in [3.63, 3.8) is 0 Å². The van der Waals surface area contributed by atoms with Gasteiger partial charge in [0.2, 0.25) is 11.8 Å². The van der Waals surface area contributed by atoms with Crippen molar-refractivity contribution >= 4 is 39.1 Å². The number of aryl methyl sites for hydroxylation is 2. The van der Waals surface area contributed by atoms with Gasteiger partial charge in [0, 0.05) is 18.1 Å². The minimum atomic E-state index is -4.18. The van der Waals surface area contributed by atoms with E-state index in [0.29, 0.717) is 23.7 Å². The summed E-state index contributed by atoms with van der Waals surface area (Å²) in [7, 11) is -2.63. The van der Waals surface area contributed by atoms with Gasteiger partial charge in [-0.1, -0.05) is 68.3 Å². The summed E-state index contributed by atoms with van der Waals surface area (Å²) < 4.78 is 34.4. The van der Waals surface area contributed by atoms with Gasteiger partial charge in [-0.25, -0.2) is 8.42 Å². The van der Waals surface area contributed by atoms with Crippen molar-refractivity contribution in [1.29, 1.82) is 0 Å². The molecule has 1 unspecified atom stereocenters. The van der Waals surface area contributed by atoms with E-state index in [2.05, 4.69) is 5.32 Å². The molecule has 0 bridgehead atoms. The van der Waals surface area contributed by atoms with Crippen LogP contribution < -0.4 is 14.4 Å². The molecule has 3 rings (SSSR count). The molecule has 2 amide bonds. The second-order valence-corrected chi connectivity index (χ2v) is 13.0. The summed E-state index contributed by atoms with van der Waals surface area (Å²) in [5, 5.41) is 3.30. The molecule has 0 spiro atoms. The van der Waals surface area contributed by atoms with Crippen LogP contribution in [0.5, 0.6) is 5.75 Å². The van der Waals surface area contributed by atoms with E-state index in [1.807, 2.05) is 40.7 Å². The summed E-state index contributed by atoms with van der Waals surface area (Å²) in [5.41, 5.74) is 2.66. The van der Waals surface area contributed by atoms with Crippen LogP contribution in [-0.4, -0.2) is 51.4 Å². The van der Waals surface area contributed by atoms with E-state index in [1.54, 1.807) is 49.6 Å². The fourth-order valence-corrected chi connectivity index (χ4v) is 5.99. The van der Waals surface area contributed by atoms with Crippen molar-refractivity contribution in [2.45, 2.75) is 58.5 Å². The first-order valence-corrected chi connectivity index (χ1v) is 15.7. The molecule has 0 aromatic heterocycles. The van der Waals surface area contributed by atoms with E-state index in [9.17, 15) is 18.0 Å². The standard InChI is InChI=1S/C32H40ClN3O5S/c1-7-30(32(38)34-19-22(2)3)35(20-25-9-8-10-27(17-25)41-6)31(37)21-36(26-14-13-24(5)29(33)18-26)42(39,40)28-15-11-23(4)12-16-28/h8-18,22,30H,7,19-21H2,1-6H3,(H,34,38). The normalized spacial score (nSPS) is 12.1.